The number of hydrogen-bond donors (Lipinski definition) is 1. The van der Waals surface area contributed by atoms with E-state index in [1.165, 1.54) is 6.26 Å². The van der Waals surface area contributed by atoms with Crippen LogP contribution in [0.3, 0.4) is 0 Å². The molecule has 20 heavy (non-hydrogen) atoms. The molecule has 3 rings (SSSR count). The molecule has 3 heterocycles. The highest BCUT2D eigenvalue weighted by molar-refractivity contribution is 7.88. The monoisotopic (exact) mass is 317 g/mol. The Labute approximate surface area is 123 Å². The maximum atomic E-state index is 11.7. The number of rotatable bonds is 3. The van der Waals surface area contributed by atoms with Gasteiger partial charge in [-0.3, -0.25) is 0 Å². The van der Waals surface area contributed by atoms with E-state index in [2.05, 4.69) is 10.3 Å². The van der Waals surface area contributed by atoms with Crippen LogP contribution in [0.25, 0.3) is 0 Å². The zero-order valence-corrected chi connectivity index (χ0v) is 13.0. The number of anilines is 1. The van der Waals surface area contributed by atoms with E-state index in [9.17, 15) is 8.42 Å². The van der Waals surface area contributed by atoms with Gasteiger partial charge in [-0.1, -0.05) is 0 Å². The third-order valence-electron chi connectivity index (χ3n) is 3.94. The largest absolute Gasteiger partial charge is 0.371 e. The fraction of sp³-hybridized carbons (Fsp3) is 0.750. The van der Waals surface area contributed by atoms with Gasteiger partial charge in [-0.2, -0.15) is 4.31 Å². The smallest absolute Gasteiger partial charge is 0.211 e. The zero-order chi connectivity index (χ0) is 14.2. The molecule has 1 N–H and O–H groups in total. The molecule has 1 aromatic heterocycles. The summed E-state index contributed by atoms with van der Waals surface area (Å²) >= 11 is 1.57. The number of aromatic nitrogens is 1. The van der Waals surface area contributed by atoms with Crippen LogP contribution < -0.4 is 5.32 Å². The Hall–Kier alpha value is -0.700. The van der Waals surface area contributed by atoms with Crippen LogP contribution in [0.5, 0.6) is 0 Å². The summed E-state index contributed by atoms with van der Waals surface area (Å²) in [4.78, 5) is 4.21. The van der Waals surface area contributed by atoms with Crippen molar-refractivity contribution >= 4 is 26.5 Å². The topological polar surface area (TPSA) is 71.5 Å². The summed E-state index contributed by atoms with van der Waals surface area (Å²) in [5, 5.41) is 6.19. The van der Waals surface area contributed by atoms with Gasteiger partial charge in [0.1, 0.15) is 0 Å². The van der Waals surface area contributed by atoms with Gasteiger partial charge in [0.05, 0.1) is 24.5 Å². The lowest BCUT2D eigenvalue weighted by atomic mass is 9.90. The second-order valence-corrected chi connectivity index (χ2v) is 8.45. The molecular weight excluding hydrogens is 298 g/mol. The van der Waals surface area contributed by atoms with Gasteiger partial charge in [-0.05, 0) is 12.8 Å². The third kappa shape index (κ3) is 2.98. The van der Waals surface area contributed by atoms with Crippen molar-refractivity contribution in [2.24, 2.45) is 0 Å². The van der Waals surface area contributed by atoms with Gasteiger partial charge < -0.3 is 10.1 Å². The first-order valence-electron chi connectivity index (χ1n) is 6.72. The first-order valence-corrected chi connectivity index (χ1v) is 9.45. The molecule has 0 aliphatic carbocycles. The SMILES string of the molecule is CS(=O)(=O)N1CCC[C@@]2(C[C@H](Nc3nccs3)CO2)C1. The van der Waals surface area contributed by atoms with Crippen molar-refractivity contribution in [1.29, 1.82) is 0 Å². The van der Waals surface area contributed by atoms with E-state index < -0.39 is 10.0 Å². The summed E-state index contributed by atoms with van der Waals surface area (Å²) in [5.41, 5.74) is -0.323. The van der Waals surface area contributed by atoms with E-state index in [1.54, 1.807) is 21.8 Å². The lowest BCUT2D eigenvalue weighted by Crippen LogP contribution is -2.50. The van der Waals surface area contributed by atoms with Gasteiger partial charge in [0.15, 0.2) is 5.13 Å². The molecule has 0 unspecified atom stereocenters. The lowest BCUT2D eigenvalue weighted by Gasteiger charge is -2.38. The van der Waals surface area contributed by atoms with Crippen LogP contribution in [0.15, 0.2) is 11.6 Å². The Morgan fingerprint density at radius 3 is 3.15 bits per heavy atom. The highest BCUT2D eigenvalue weighted by Gasteiger charge is 2.45. The molecule has 8 heteroatoms. The molecule has 2 aliphatic heterocycles. The average molecular weight is 317 g/mol. The predicted octanol–water partition coefficient (Wildman–Crippen LogP) is 1.14. The van der Waals surface area contributed by atoms with Crippen molar-refractivity contribution in [3.63, 3.8) is 0 Å². The number of hydrogen-bond acceptors (Lipinski definition) is 6. The standard InChI is InChI=1S/C12H19N3O3S2/c1-20(16,17)15-5-2-3-12(9-15)7-10(8-18-12)14-11-13-4-6-19-11/h4,6,10H,2-3,5,7-9H2,1H3,(H,13,14)/t10-,12+/m0/s1. The van der Waals surface area contributed by atoms with E-state index in [4.69, 9.17) is 4.74 Å². The summed E-state index contributed by atoms with van der Waals surface area (Å²) in [6, 6.07) is 0.209. The Bertz CT molecular complexity index is 561. The van der Waals surface area contributed by atoms with E-state index in [1.807, 2.05) is 5.38 Å². The van der Waals surface area contributed by atoms with Crippen LogP contribution in [0.4, 0.5) is 5.13 Å². The van der Waals surface area contributed by atoms with Crippen LogP contribution in [0.2, 0.25) is 0 Å². The van der Waals surface area contributed by atoms with Gasteiger partial charge in [-0.25, -0.2) is 13.4 Å². The van der Waals surface area contributed by atoms with Crippen molar-refractivity contribution in [1.82, 2.24) is 9.29 Å². The third-order valence-corrected chi connectivity index (χ3v) is 5.90. The van der Waals surface area contributed by atoms with Gasteiger partial charge >= 0.3 is 0 Å². The number of thiazole rings is 1. The number of piperidine rings is 1. The van der Waals surface area contributed by atoms with Crippen LogP contribution >= 0.6 is 11.3 Å². The van der Waals surface area contributed by atoms with Crippen molar-refractivity contribution in [2.75, 3.05) is 31.3 Å². The summed E-state index contributed by atoms with van der Waals surface area (Å²) in [7, 11) is -3.13. The Kier molecular flexibility index (Phi) is 3.74. The minimum atomic E-state index is -3.13. The van der Waals surface area contributed by atoms with E-state index in [0.29, 0.717) is 19.7 Å². The molecule has 1 aromatic rings. The molecule has 0 amide bonds. The van der Waals surface area contributed by atoms with Crippen molar-refractivity contribution in [3.8, 4) is 0 Å². The molecule has 2 fully saturated rings. The van der Waals surface area contributed by atoms with E-state index >= 15 is 0 Å². The van der Waals surface area contributed by atoms with Crippen molar-refractivity contribution < 1.29 is 13.2 Å². The van der Waals surface area contributed by atoms with E-state index in [-0.39, 0.29) is 11.6 Å². The lowest BCUT2D eigenvalue weighted by molar-refractivity contribution is -0.0328. The minimum absolute atomic E-state index is 0.209. The van der Waals surface area contributed by atoms with Crippen LogP contribution in [-0.4, -0.2) is 55.3 Å². The molecular formula is C12H19N3O3S2. The van der Waals surface area contributed by atoms with Gasteiger partial charge in [0, 0.05) is 31.1 Å². The fourth-order valence-electron chi connectivity index (χ4n) is 3.03. The molecule has 2 aliphatic rings. The first kappa shape index (κ1) is 14.2. The normalized spacial score (nSPS) is 31.8. The molecule has 1 spiro atoms. The molecule has 112 valence electrons. The van der Waals surface area contributed by atoms with Gasteiger partial charge in [0.25, 0.3) is 0 Å². The Morgan fingerprint density at radius 1 is 1.60 bits per heavy atom. The predicted molar refractivity (Wildman–Crippen MR) is 78.5 cm³/mol. The summed E-state index contributed by atoms with van der Waals surface area (Å²) in [6.45, 7) is 1.69. The number of sulfonamides is 1. The Morgan fingerprint density at radius 2 is 2.45 bits per heavy atom. The maximum absolute atomic E-state index is 11.7. The Balaban J connectivity index is 1.65. The number of ether oxygens (including phenoxy) is 1. The second kappa shape index (κ2) is 5.25. The maximum Gasteiger partial charge on any atom is 0.211 e. The van der Waals surface area contributed by atoms with Crippen molar-refractivity contribution in [2.45, 2.75) is 30.9 Å². The second-order valence-electron chi connectivity index (χ2n) is 5.58. The number of nitrogens with one attached hydrogen (secondary N) is 1. The van der Waals surface area contributed by atoms with E-state index in [0.717, 1.165) is 24.4 Å². The minimum Gasteiger partial charge on any atom is -0.371 e. The van der Waals surface area contributed by atoms with Gasteiger partial charge in [-0.15, -0.1) is 11.3 Å². The fourth-order valence-corrected chi connectivity index (χ4v) is 4.57. The highest BCUT2D eigenvalue weighted by atomic mass is 32.2. The molecule has 0 aromatic carbocycles. The van der Waals surface area contributed by atoms with Crippen molar-refractivity contribution in [3.05, 3.63) is 11.6 Å². The molecule has 0 radical (unpaired) electrons. The summed E-state index contributed by atoms with van der Waals surface area (Å²) in [5.74, 6) is 0. The quantitative estimate of drug-likeness (QED) is 0.905. The van der Waals surface area contributed by atoms with Gasteiger partial charge in [0.2, 0.25) is 10.0 Å². The number of nitrogens with zero attached hydrogens (tertiary/aromatic N) is 2. The van der Waals surface area contributed by atoms with Crippen LogP contribution in [0, 0.1) is 0 Å². The highest BCUT2D eigenvalue weighted by Crippen LogP contribution is 2.36. The summed E-state index contributed by atoms with van der Waals surface area (Å²) < 4.78 is 30.9. The first-order chi connectivity index (χ1) is 9.47. The average Bonchev–Trinajstić information content (AvgIpc) is 3.00. The van der Waals surface area contributed by atoms with Crippen LogP contribution in [0.1, 0.15) is 19.3 Å². The molecule has 0 bridgehead atoms. The molecule has 2 saturated heterocycles. The molecule has 0 saturated carbocycles. The zero-order valence-electron chi connectivity index (χ0n) is 11.4. The molecule has 2 atom stereocenters. The molecule has 6 nitrogen and oxygen atoms in total. The van der Waals surface area contributed by atoms with Crippen LogP contribution in [-0.2, 0) is 14.8 Å². The summed E-state index contributed by atoms with van der Waals surface area (Å²) in [6.07, 6.45) is 5.65.